The Morgan fingerprint density at radius 1 is 0.943 bits per heavy atom. The van der Waals surface area contributed by atoms with Gasteiger partial charge in [0.05, 0.1) is 40.2 Å². The zero-order valence-corrected chi connectivity index (χ0v) is 19.0. The summed E-state index contributed by atoms with van der Waals surface area (Å²) in [5.74, 6) is -0.352. The summed E-state index contributed by atoms with van der Waals surface area (Å²) in [5.41, 5.74) is 7.37. The number of imidazole rings is 1. The van der Waals surface area contributed by atoms with Crippen molar-refractivity contribution in [1.29, 1.82) is 0 Å². The van der Waals surface area contributed by atoms with Crippen molar-refractivity contribution in [3.8, 4) is 33.9 Å². The fraction of sp³-hybridized carbons (Fsp3) is 0.148. The summed E-state index contributed by atoms with van der Waals surface area (Å²) < 4.78 is 5.41. The number of benzene rings is 1. The number of carbonyl (C=O) groups is 1. The summed E-state index contributed by atoms with van der Waals surface area (Å²) in [4.78, 5) is 33.8. The zero-order chi connectivity index (χ0) is 23.8. The minimum Gasteiger partial charge on any atom is -0.456 e. The van der Waals surface area contributed by atoms with E-state index >= 15 is 0 Å². The number of aryl methyl sites for hydroxylation is 1. The molecule has 1 aliphatic rings. The number of hydrogen-bond donors (Lipinski definition) is 2. The summed E-state index contributed by atoms with van der Waals surface area (Å²) in [5, 5.41) is 4.05. The van der Waals surface area contributed by atoms with Crippen molar-refractivity contribution in [2.24, 2.45) is 0 Å². The van der Waals surface area contributed by atoms with Crippen LogP contribution in [0, 0.1) is 6.92 Å². The van der Waals surface area contributed by atoms with Gasteiger partial charge < -0.3 is 15.0 Å². The Balaban J connectivity index is 1.30. The van der Waals surface area contributed by atoms with E-state index in [1.54, 1.807) is 24.8 Å². The summed E-state index contributed by atoms with van der Waals surface area (Å²) in [6.07, 6.45) is 4.97. The lowest BCUT2D eigenvalue weighted by Gasteiger charge is -2.26. The summed E-state index contributed by atoms with van der Waals surface area (Å²) in [7, 11) is 0. The van der Waals surface area contributed by atoms with Gasteiger partial charge in [0.2, 0.25) is 0 Å². The number of nitrogens with one attached hydrogen (secondary N) is 2. The van der Waals surface area contributed by atoms with Gasteiger partial charge >= 0.3 is 5.97 Å². The van der Waals surface area contributed by atoms with E-state index < -0.39 is 0 Å². The van der Waals surface area contributed by atoms with Crippen molar-refractivity contribution >= 4 is 16.9 Å². The highest BCUT2D eigenvalue weighted by molar-refractivity contribution is 5.91. The minimum atomic E-state index is -0.352. The molecule has 1 saturated heterocycles. The molecular weight excluding hydrogens is 440 g/mol. The first kappa shape index (κ1) is 21.1. The van der Waals surface area contributed by atoms with Gasteiger partial charge in [0, 0.05) is 47.7 Å². The molecule has 8 nitrogen and oxygen atoms in total. The third-order valence-corrected chi connectivity index (χ3v) is 6.05. The maximum atomic E-state index is 12.3. The van der Waals surface area contributed by atoms with Gasteiger partial charge in [0.25, 0.3) is 0 Å². The molecular formula is C27H22N6O2. The molecule has 0 aliphatic carbocycles. The van der Waals surface area contributed by atoms with Crippen LogP contribution in [0.1, 0.15) is 16.1 Å². The second-order valence-corrected chi connectivity index (χ2v) is 8.54. The number of aromatic amines is 1. The second kappa shape index (κ2) is 8.73. The van der Waals surface area contributed by atoms with Gasteiger partial charge in [-0.2, -0.15) is 0 Å². The molecule has 2 N–H and O–H groups in total. The molecule has 0 bridgehead atoms. The third kappa shape index (κ3) is 4.15. The molecule has 1 fully saturated rings. The molecule has 1 aliphatic heterocycles. The largest absolute Gasteiger partial charge is 0.456 e. The van der Waals surface area contributed by atoms with Crippen LogP contribution in [-0.2, 0) is 4.74 Å². The first-order valence-corrected chi connectivity index (χ1v) is 11.4. The van der Waals surface area contributed by atoms with Crippen LogP contribution in [-0.4, -0.2) is 50.1 Å². The Labute approximate surface area is 201 Å². The number of rotatable bonds is 5. The lowest BCUT2D eigenvalue weighted by molar-refractivity contribution is 0.0169. The number of pyridine rings is 3. The van der Waals surface area contributed by atoms with Gasteiger partial charge in [-0.1, -0.05) is 12.1 Å². The van der Waals surface area contributed by atoms with Gasteiger partial charge in [-0.05, 0) is 49.4 Å². The number of esters is 1. The molecule has 0 atom stereocenters. The number of H-pyrrole nitrogens is 1. The van der Waals surface area contributed by atoms with Gasteiger partial charge in [-0.25, -0.2) is 9.78 Å². The zero-order valence-electron chi connectivity index (χ0n) is 19.0. The van der Waals surface area contributed by atoms with Crippen molar-refractivity contribution < 1.29 is 9.53 Å². The number of carbonyl (C=O) groups excluding carboxylic acids is 1. The summed E-state index contributed by atoms with van der Waals surface area (Å²) in [6, 6.07) is 17.6. The van der Waals surface area contributed by atoms with Crippen LogP contribution in [0.4, 0.5) is 0 Å². The molecule has 0 spiro atoms. The third-order valence-electron chi connectivity index (χ3n) is 6.05. The van der Waals surface area contributed by atoms with E-state index in [1.807, 2.05) is 49.4 Å². The highest BCUT2D eigenvalue weighted by Crippen LogP contribution is 2.31. The van der Waals surface area contributed by atoms with Crippen LogP contribution < -0.4 is 5.32 Å². The smallest absolute Gasteiger partial charge is 0.340 e. The van der Waals surface area contributed by atoms with Crippen LogP contribution >= 0.6 is 0 Å². The first-order chi connectivity index (χ1) is 17.1. The van der Waals surface area contributed by atoms with Crippen LogP contribution in [0.25, 0.3) is 44.8 Å². The fourth-order valence-corrected chi connectivity index (χ4v) is 4.06. The summed E-state index contributed by atoms with van der Waals surface area (Å²) in [6.45, 7) is 3.37. The van der Waals surface area contributed by atoms with Gasteiger partial charge in [-0.15, -0.1) is 0 Å². The molecule has 6 rings (SSSR count). The highest BCUT2D eigenvalue weighted by atomic mass is 16.5. The second-order valence-electron chi connectivity index (χ2n) is 8.54. The monoisotopic (exact) mass is 462 g/mol. The van der Waals surface area contributed by atoms with E-state index in [0.717, 1.165) is 50.5 Å². The van der Waals surface area contributed by atoms with Crippen LogP contribution in [0.3, 0.4) is 0 Å². The first-order valence-electron chi connectivity index (χ1n) is 11.4. The van der Waals surface area contributed by atoms with Crippen LogP contribution in [0.2, 0.25) is 0 Å². The lowest BCUT2D eigenvalue weighted by Crippen LogP contribution is -2.49. The SMILES string of the molecule is Cc1cccc(-c2[nH]cnc2-c2ccc3ncc(-c4ccc(C(=O)OC5CNC5)cn4)cc3c2)n1. The number of nitrogens with zero attached hydrogens (tertiary/aromatic N) is 4. The Bertz CT molecular complexity index is 1540. The minimum absolute atomic E-state index is 0.0576. The molecule has 1 aromatic carbocycles. The van der Waals surface area contributed by atoms with Crippen LogP contribution in [0.5, 0.6) is 0 Å². The Morgan fingerprint density at radius 3 is 2.60 bits per heavy atom. The van der Waals surface area contributed by atoms with E-state index in [4.69, 9.17) is 4.74 Å². The predicted octanol–water partition coefficient (Wildman–Crippen LogP) is 4.19. The molecule has 0 radical (unpaired) electrons. The predicted molar refractivity (Wildman–Crippen MR) is 133 cm³/mol. The summed E-state index contributed by atoms with van der Waals surface area (Å²) >= 11 is 0. The van der Waals surface area contributed by atoms with Gasteiger partial charge in [0.1, 0.15) is 6.10 Å². The Morgan fingerprint density at radius 2 is 1.83 bits per heavy atom. The van der Waals surface area contributed by atoms with Crippen molar-refractivity contribution in [3.05, 3.63) is 84.6 Å². The number of hydrogen-bond acceptors (Lipinski definition) is 7. The van der Waals surface area contributed by atoms with Gasteiger partial charge in [0.15, 0.2) is 0 Å². The molecule has 172 valence electrons. The van der Waals surface area contributed by atoms with Crippen molar-refractivity contribution in [1.82, 2.24) is 30.2 Å². The average Bonchev–Trinajstić information content (AvgIpc) is 3.36. The number of aromatic nitrogens is 5. The van der Waals surface area contributed by atoms with E-state index in [0.29, 0.717) is 18.7 Å². The molecule has 4 aromatic heterocycles. The van der Waals surface area contributed by atoms with E-state index in [2.05, 4.69) is 36.3 Å². The quantitative estimate of drug-likeness (QED) is 0.377. The van der Waals surface area contributed by atoms with Crippen LogP contribution in [0.15, 0.2) is 73.3 Å². The molecule has 5 heterocycles. The highest BCUT2D eigenvalue weighted by Gasteiger charge is 2.22. The van der Waals surface area contributed by atoms with Crippen molar-refractivity contribution in [3.63, 3.8) is 0 Å². The maximum Gasteiger partial charge on any atom is 0.340 e. The molecule has 0 unspecified atom stereocenters. The van der Waals surface area contributed by atoms with E-state index in [-0.39, 0.29) is 12.1 Å². The number of fused-ring (bicyclic) bond motifs is 1. The van der Waals surface area contributed by atoms with E-state index in [1.165, 1.54) is 0 Å². The average molecular weight is 463 g/mol. The molecule has 0 amide bonds. The Kier molecular flexibility index (Phi) is 5.27. The van der Waals surface area contributed by atoms with E-state index in [9.17, 15) is 4.79 Å². The fourth-order valence-electron chi connectivity index (χ4n) is 4.06. The molecule has 5 aromatic rings. The maximum absolute atomic E-state index is 12.3. The molecule has 0 saturated carbocycles. The van der Waals surface area contributed by atoms with Crippen molar-refractivity contribution in [2.75, 3.05) is 13.1 Å². The van der Waals surface area contributed by atoms with Crippen molar-refractivity contribution in [2.45, 2.75) is 13.0 Å². The topological polar surface area (TPSA) is 106 Å². The lowest BCUT2D eigenvalue weighted by atomic mass is 10.0. The Hall–Kier alpha value is -4.43. The molecule has 8 heteroatoms. The number of ether oxygens (including phenoxy) is 1. The molecule has 35 heavy (non-hydrogen) atoms. The normalized spacial score (nSPS) is 13.5. The van der Waals surface area contributed by atoms with Gasteiger partial charge in [-0.3, -0.25) is 15.0 Å². The standard InChI is InChI=1S/C27H22N6O2/c1-16-3-2-4-24(33-16)26-25(31-15-32-26)17-5-7-22-19(9-17)10-20(12-30-22)23-8-6-18(11-29-23)27(34)35-21-13-28-14-21/h2-12,15,21,28H,13-14H2,1H3,(H,31,32).